The van der Waals surface area contributed by atoms with Gasteiger partial charge in [0.1, 0.15) is 0 Å². The molecule has 3 nitrogen and oxygen atoms in total. The minimum absolute atomic E-state index is 0.284. The highest BCUT2D eigenvalue weighted by molar-refractivity contribution is 7.99. The van der Waals surface area contributed by atoms with E-state index in [9.17, 15) is 8.42 Å². The lowest BCUT2D eigenvalue weighted by Gasteiger charge is -2.31. The number of rotatable bonds is 3. The number of sulfonamides is 1. The standard InChI is InChI=1S/C9H19NO2S2/c1-8(2)14(11,12)10-6-4-9(13-3)5-7-10/h8-9H,4-7H2,1-3H3. The van der Waals surface area contributed by atoms with Crippen molar-refractivity contribution in [3.05, 3.63) is 0 Å². The average Bonchev–Trinajstić information content (AvgIpc) is 2.17. The van der Waals surface area contributed by atoms with E-state index >= 15 is 0 Å². The van der Waals surface area contributed by atoms with Crippen LogP contribution in [-0.2, 0) is 10.0 Å². The number of piperidine rings is 1. The molecule has 1 fully saturated rings. The van der Waals surface area contributed by atoms with Gasteiger partial charge < -0.3 is 0 Å². The third-order valence-corrected chi connectivity index (χ3v) is 6.10. The molecule has 0 aliphatic carbocycles. The molecule has 1 saturated heterocycles. The summed E-state index contributed by atoms with van der Waals surface area (Å²) in [4.78, 5) is 0. The van der Waals surface area contributed by atoms with Crippen LogP contribution in [0.15, 0.2) is 0 Å². The summed E-state index contributed by atoms with van der Waals surface area (Å²) >= 11 is 1.85. The van der Waals surface area contributed by atoms with Gasteiger partial charge in [-0.15, -0.1) is 0 Å². The van der Waals surface area contributed by atoms with E-state index in [4.69, 9.17) is 0 Å². The summed E-state index contributed by atoms with van der Waals surface area (Å²) in [6.45, 7) is 4.89. The van der Waals surface area contributed by atoms with Crippen molar-refractivity contribution in [3.8, 4) is 0 Å². The highest BCUT2D eigenvalue weighted by atomic mass is 32.2. The first kappa shape index (κ1) is 12.3. The van der Waals surface area contributed by atoms with Gasteiger partial charge in [-0.3, -0.25) is 0 Å². The highest BCUT2D eigenvalue weighted by Gasteiger charge is 2.29. The van der Waals surface area contributed by atoms with Crippen LogP contribution in [0.1, 0.15) is 26.7 Å². The molecule has 0 aromatic carbocycles. The second-order valence-corrected chi connectivity index (χ2v) is 7.56. The SMILES string of the molecule is CSC1CCN(S(=O)(=O)C(C)C)CC1. The van der Waals surface area contributed by atoms with Crippen molar-refractivity contribution in [2.75, 3.05) is 19.3 Å². The molecule has 0 bridgehead atoms. The van der Waals surface area contributed by atoms with Crippen LogP contribution in [0, 0.1) is 0 Å². The Hall–Kier alpha value is 0.260. The van der Waals surface area contributed by atoms with E-state index in [0.29, 0.717) is 18.3 Å². The van der Waals surface area contributed by atoms with Gasteiger partial charge in [-0.1, -0.05) is 0 Å². The Morgan fingerprint density at radius 3 is 2.14 bits per heavy atom. The third-order valence-electron chi connectivity index (χ3n) is 2.69. The van der Waals surface area contributed by atoms with Gasteiger partial charge in [0, 0.05) is 18.3 Å². The molecule has 0 amide bonds. The van der Waals surface area contributed by atoms with E-state index in [-0.39, 0.29) is 5.25 Å². The van der Waals surface area contributed by atoms with E-state index in [2.05, 4.69) is 6.26 Å². The molecule has 84 valence electrons. The second-order valence-electron chi connectivity index (χ2n) is 3.93. The van der Waals surface area contributed by atoms with Crippen LogP contribution < -0.4 is 0 Å². The minimum atomic E-state index is -3.01. The Morgan fingerprint density at radius 1 is 1.29 bits per heavy atom. The summed E-state index contributed by atoms with van der Waals surface area (Å²) in [5.41, 5.74) is 0. The number of thioether (sulfide) groups is 1. The fourth-order valence-corrected chi connectivity index (χ4v) is 3.62. The van der Waals surface area contributed by atoms with Crippen LogP contribution in [0.5, 0.6) is 0 Å². The zero-order valence-electron chi connectivity index (χ0n) is 9.06. The van der Waals surface area contributed by atoms with Crippen LogP contribution >= 0.6 is 11.8 Å². The topological polar surface area (TPSA) is 37.4 Å². The largest absolute Gasteiger partial charge is 0.216 e. The maximum absolute atomic E-state index is 11.8. The monoisotopic (exact) mass is 237 g/mol. The molecule has 1 rings (SSSR count). The van der Waals surface area contributed by atoms with Gasteiger partial charge in [0.2, 0.25) is 10.0 Å². The lowest BCUT2D eigenvalue weighted by Crippen LogP contribution is -2.42. The normalized spacial score (nSPS) is 21.7. The first-order chi connectivity index (χ1) is 6.48. The molecule has 0 aromatic heterocycles. The van der Waals surface area contributed by atoms with Crippen LogP contribution in [-0.4, -0.2) is 42.6 Å². The van der Waals surface area contributed by atoms with Gasteiger partial charge >= 0.3 is 0 Å². The van der Waals surface area contributed by atoms with Crippen molar-refractivity contribution in [1.82, 2.24) is 4.31 Å². The van der Waals surface area contributed by atoms with Gasteiger partial charge in [0.05, 0.1) is 5.25 Å². The van der Waals surface area contributed by atoms with Crippen LogP contribution in [0.25, 0.3) is 0 Å². The molecule has 0 aromatic rings. The summed E-state index contributed by atoms with van der Waals surface area (Å²) in [6, 6.07) is 0. The maximum Gasteiger partial charge on any atom is 0.216 e. The third kappa shape index (κ3) is 2.64. The van der Waals surface area contributed by atoms with E-state index < -0.39 is 10.0 Å². The Bertz CT molecular complexity index is 267. The fraction of sp³-hybridized carbons (Fsp3) is 1.00. The number of hydrogen-bond donors (Lipinski definition) is 0. The Kier molecular flexibility index (Phi) is 4.28. The van der Waals surface area contributed by atoms with Gasteiger partial charge in [0.25, 0.3) is 0 Å². The first-order valence-electron chi connectivity index (χ1n) is 5.00. The van der Waals surface area contributed by atoms with Gasteiger partial charge in [-0.05, 0) is 32.9 Å². The molecule has 0 atom stereocenters. The molecule has 1 aliphatic heterocycles. The van der Waals surface area contributed by atoms with Crippen molar-refractivity contribution in [2.24, 2.45) is 0 Å². The van der Waals surface area contributed by atoms with E-state index in [1.165, 1.54) is 0 Å². The zero-order valence-corrected chi connectivity index (χ0v) is 10.7. The summed E-state index contributed by atoms with van der Waals surface area (Å²) < 4.78 is 25.2. The molecular weight excluding hydrogens is 218 g/mol. The van der Waals surface area contributed by atoms with Crippen molar-refractivity contribution >= 4 is 21.8 Å². The number of nitrogens with zero attached hydrogens (tertiary/aromatic N) is 1. The molecular formula is C9H19NO2S2. The fourth-order valence-electron chi connectivity index (χ4n) is 1.62. The lowest BCUT2D eigenvalue weighted by atomic mass is 10.2. The molecule has 0 unspecified atom stereocenters. The van der Waals surface area contributed by atoms with Gasteiger partial charge in [0.15, 0.2) is 0 Å². The molecule has 0 spiro atoms. The summed E-state index contributed by atoms with van der Waals surface area (Å²) in [7, 11) is -3.01. The molecule has 0 radical (unpaired) electrons. The van der Waals surface area contributed by atoms with Crippen LogP contribution in [0.3, 0.4) is 0 Å². The molecule has 1 aliphatic rings. The lowest BCUT2D eigenvalue weighted by molar-refractivity contribution is 0.349. The first-order valence-corrected chi connectivity index (χ1v) is 7.79. The second kappa shape index (κ2) is 4.86. The Labute approximate surface area is 91.3 Å². The quantitative estimate of drug-likeness (QED) is 0.747. The smallest absolute Gasteiger partial charge is 0.212 e. The zero-order chi connectivity index (χ0) is 10.8. The predicted molar refractivity (Wildman–Crippen MR) is 62.2 cm³/mol. The van der Waals surface area contributed by atoms with Gasteiger partial charge in [-0.25, -0.2) is 12.7 Å². The van der Waals surface area contributed by atoms with Crippen LogP contribution in [0.4, 0.5) is 0 Å². The van der Waals surface area contributed by atoms with Crippen molar-refractivity contribution in [1.29, 1.82) is 0 Å². The number of hydrogen-bond acceptors (Lipinski definition) is 3. The van der Waals surface area contributed by atoms with Crippen molar-refractivity contribution in [2.45, 2.75) is 37.2 Å². The van der Waals surface area contributed by atoms with Crippen molar-refractivity contribution < 1.29 is 8.42 Å². The van der Waals surface area contributed by atoms with Crippen LogP contribution in [0.2, 0.25) is 0 Å². The van der Waals surface area contributed by atoms with E-state index in [1.807, 2.05) is 11.8 Å². The highest BCUT2D eigenvalue weighted by Crippen LogP contribution is 2.23. The molecule has 5 heteroatoms. The Balaban J connectivity index is 2.58. The molecule has 0 N–H and O–H groups in total. The minimum Gasteiger partial charge on any atom is -0.212 e. The van der Waals surface area contributed by atoms with Gasteiger partial charge in [-0.2, -0.15) is 11.8 Å². The van der Waals surface area contributed by atoms with E-state index in [0.717, 1.165) is 12.8 Å². The average molecular weight is 237 g/mol. The Morgan fingerprint density at radius 2 is 1.79 bits per heavy atom. The predicted octanol–water partition coefficient (Wildman–Crippen LogP) is 1.55. The molecule has 14 heavy (non-hydrogen) atoms. The molecule has 1 heterocycles. The van der Waals surface area contributed by atoms with Crippen molar-refractivity contribution in [3.63, 3.8) is 0 Å². The summed E-state index contributed by atoms with van der Waals surface area (Å²) in [5.74, 6) is 0. The summed E-state index contributed by atoms with van der Waals surface area (Å²) in [5, 5.41) is 0.363. The maximum atomic E-state index is 11.8. The van der Waals surface area contributed by atoms with E-state index in [1.54, 1.807) is 18.2 Å². The summed E-state index contributed by atoms with van der Waals surface area (Å²) in [6.07, 6.45) is 4.08. The molecule has 0 saturated carbocycles.